The first-order chi connectivity index (χ1) is 12.3. The van der Waals surface area contributed by atoms with E-state index < -0.39 is 28.6 Å². The van der Waals surface area contributed by atoms with Crippen LogP contribution in [0.1, 0.15) is 46.0 Å². The molecule has 0 radical (unpaired) electrons. The van der Waals surface area contributed by atoms with Crippen molar-refractivity contribution in [1.29, 1.82) is 0 Å². The van der Waals surface area contributed by atoms with Crippen LogP contribution in [-0.4, -0.2) is 39.0 Å². The Kier molecular flexibility index (Phi) is 7.60. The van der Waals surface area contributed by atoms with Gasteiger partial charge in [0.2, 0.25) is 0 Å². The minimum Gasteiger partial charge on any atom is -0.454 e. The summed E-state index contributed by atoms with van der Waals surface area (Å²) in [4.78, 5) is 24.3. The molecule has 9 heteroatoms. The van der Waals surface area contributed by atoms with E-state index >= 15 is 0 Å². The number of nitrogens with one attached hydrogen (secondary N) is 2. The summed E-state index contributed by atoms with van der Waals surface area (Å²) in [6, 6.07) is 2.17. The average molecular weight is 403 g/mol. The molecule has 1 atom stereocenters. The zero-order chi connectivity index (χ0) is 19.2. The van der Waals surface area contributed by atoms with Gasteiger partial charge in [-0.25, -0.2) is 8.42 Å². The molecular formula is C17H26N2O5S2. The molecule has 1 fully saturated rings. The summed E-state index contributed by atoms with van der Waals surface area (Å²) in [5.41, 5.74) is 0. The van der Waals surface area contributed by atoms with Crippen molar-refractivity contribution >= 4 is 33.2 Å². The summed E-state index contributed by atoms with van der Waals surface area (Å²) >= 11 is 1.07. The fraction of sp³-hybridized carbons (Fsp3) is 0.647. The van der Waals surface area contributed by atoms with Crippen molar-refractivity contribution in [3.05, 3.63) is 17.5 Å². The zero-order valence-corrected chi connectivity index (χ0v) is 16.7. The Bertz CT molecular complexity index is 695. The molecule has 146 valence electrons. The SMILES string of the molecule is CC(C)[C@@H](NS(=O)(=O)c1cccs1)C(=O)OCC(=O)NC1CCCCC1. The van der Waals surface area contributed by atoms with Gasteiger partial charge < -0.3 is 10.1 Å². The monoisotopic (exact) mass is 402 g/mol. The second-order valence-electron chi connectivity index (χ2n) is 6.79. The molecule has 0 aromatic carbocycles. The van der Waals surface area contributed by atoms with Gasteiger partial charge in [-0.2, -0.15) is 4.72 Å². The molecule has 1 saturated carbocycles. The topological polar surface area (TPSA) is 102 Å². The Morgan fingerprint density at radius 1 is 1.27 bits per heavy atom. The maximum atomic E-state index is 12.3. The van der Waals surface area contributed by atoms with E-state index in [9.17, 15) is 18.0 Å². The van der Waals surface area contributed by atoms with Crippen LogP contribution in [0.3, 0.4) is 0 Å². The van der Waals surface area contributed by atoms with Crippen LogP contribution in [0, 0.1) is 5.92 Å². The third-order valence-electron chi connectivity index (χ3n) is 4.28. The van der Waals surface area contributed by atoms with Crippen molar-refractivity contribution < 1.29 is 22.7 Å². The highest BCUT2D eigenvalue weighted by molar-refractivity contribution is 7.91. The Morgan fingerprint density at radius 2 is 1.96 bits per heavy atom. The number of ether oxygens (including phenoxy) is 1. The molecule has 0 unspecified atom stereocenters. The van der Waals surface area contributed by atoms with Crippen molar-refractivity contribution in [2.24, 2.45) is 5.92 Å². The number of sulfonamides is 1. The van der Waals surface area contributed by atoms with Crippen molar-refractivity contribution in [3.8, 4) is 0 Å². The van der Waals surface area contributed by atoms with Crippen LogP contribution in [0.5, 0.6) is 0 Å². The minimum absolute atomic E-state index is 0.131. The molecule has 1 amide bonds. The van der Waals surface area contributed by atoms with E-state index in [2.05, 4.69) is 10.0 Å². The van der Waals surface area contributed by atoms with Crippen molar-refractivity contribution in [2.75, 3.05) is 6.61 Å². The summed E-state index contributed by atoms with van der Waals surface area (Å²) in [6.45, 7) is 3.02. The Balaban J connectivity index is 1.88. The number of carbonyl (C=O) groups excluding carboxylic acids is 2. The minimum atomic E-state index is -3.80. The molecule has 0 saturated heterocycles. The van der Waals surface area contributed by atoms with Crippen LogP contribution in [-0.2, 0) is 24.3 Å². The van der Waals surface area contributed by atoms with E-state index in [0.717, 1.165) is 37.0 Å². The average Bonchev–Trinajstić information content (AvgIpc) is 3.14. The number of amides is 1. The van der Waals surface area contributed by atoms with E-state index in [0.29, 0.717) is 0 Å². The van der Waals surface area contributed by atoms with Gasteiger partial charge in [0.05, 0.1) is 0 Å². The maximum absolute atomic E-state index is 12.3. The molecule has 1 aliphatic carbocycles. The smallest absolute Gasteiger partial charge is 0.324 e. The largest absolute Gasteiger partial charge is 0.454 e. The molecule has 0 bridgehead atoms. The second kappa shape index (κ2) is 9.48. The fourth-order valence-corrected chi connectivity index (χ4v) is 5.18. The third kappa shape index (κ3) is 6.07. The molecule has 26 heavy (non-hydrogen) atoms. The number of rotatable bonds is 8. The first-order valence-electron chi connectivity index (χ1n) is 8.81. The van der Waals surface area contributed by atoms with Gasteiger partial charge in [-0.1, -0.05) is 39.2 Å². The number of hydrogen-bond donors (Lipinski definition) is 2. The van der Waals surface area contributed by atoms with Crippen LogP contribution >= 0.6 is 11.3 Å². The van der Waals surface area contributed by atoms with E-state index in [1.807, 2.05) is 0 Å². The normalized spacial score (nSPS) is 17.0. The molecule has 0 aliphatic heterocycles. The van der Waals surface area contributed by atoms with Crippen LogP contribution < -0.4 is 10.0 Å². The van der Waals surface area contributed by atoms with E-state index in [1.165, 1.54) is 12.5 Å². The lowest BCUT2D eigenvalue weighted by molar-refractivity contribution is -0.151. The van der Waals surface area contributed by atoms with Gasteiger partial charge in [0.15, 0.2) is 6.61 Å². The predicted octanol–water partition coefficient (Wildman–Crippen LogP) is 2.04. The standard InChI is InChI=1S/C17H26N2O5S2/c1-12(2)16(19-26(22,23)15-9-6-10-25-15)17(21)24-11-14(20)18-13-7-4-3-5-8-13/h6,9-10,12-13,16,19H,3-5,7-8,11H2,1-2H3,(H,18,20)/t16-/m1/s1. The highest BCUT2D eigenvalue weighted by Crippen LogP contribution is 2.18. The van der Waals surface area contributed by atoms with Gasteiger partial charge in [-0.15, -0.1) is 11.3 Å². The molecule has 7 nitrogen and oxygen atoms in total. The van der Waals surface area contributed by atoms with Crippen LogP contribution in [0.25, 0.3) is 0 Å². The maximum Gasteiger partial charge on any atom is 0.324 e. The zero-order valence-electron chi connectivity index (χ0n) is 15.1. The molecule has 2 rings (SSSR count). The number of thiophene rings is 1. The van der Waals surface area contributed by atoms with E-state index in [1.54, 1.807) is 25.3 Å². The first kappa shape index (κ1) is 20.9. The Morgan fingerprint density at radius 3 is 2.54 bits per heavy atom. The van der Waals surface area contributed by atoms with Gasteiger partial charge >= 0.3 is 5.97 Å². The molecular weight excluding hydrogens is 376 g/mol. The predicted molar refractivity (Wildman–Crippen MR) is 99.2 cm³/mol. The molecule has 1 aromatic heterocycles. The molecule has 1 aromatic rings. The van der Waals surface area contributed by atoms with Crippen LogP contribution in [0.4, 0.5) is 0 Å². The van der Waals surface area contributed by atoms with Crippen molar-refractivity contribution in [2.45, 2.75) is 62.2 Å². The lowest BCUT2D eigenvalue weighted by atomic mass is 9.95. The summed E-state index contributed by atoms with van der Waals surface area (Å²) in [5, 5.41) is 4.51. The van der Waals surface area contributed by atoms with E-state index in [-0.39, 0.29) is 22.1 Å². The van der Waals surface area contributed by atoms with Gasteiger partial charge in [0.25, 0.3) is 15.9 Å². The highest BCUT2D eigenvalue weighted by Gasteiger charge is 2.30. The summed E-state index contributed by atoms with van der Waals surface area (Å²) in [6.07, 6.45) is 5.24. The first-order valence-corrected chi connectivity index (χ1v) is 11.2. The van der Waals surface area contributed by atoms with Gasteiger partial charge in [-0.05, 0) is 30.2 Å². The lowest BCUT2D eigenvalue weighted by Crippen LogP contribution is -2.46. The Labute approximate surface area is 158 Å². The number of hydrogen-bond acceptors (Lipinski definition) is 6. The molecule has 1 aliphatic rings. The van der Waals surface area contributed by atoms with Gasteiger partial charge in [0, 0.05) is 6.04 Å². The summed E-state index contributed by atoms with van der Waals surface area (Å²) in [7, 11) is -3.80. The quantitative estimate of drug-likeness (QED) is 0.648. The number of carbonyl (C=O) groups is 2. The molecule has 2 N–H and O–H groups in total. The van der Waals surface area contributed by atoms with Crippen LogP contribution in [0.15, 0.2) is 21.7 Å². The van der Waals surface area contributed by atoms with Crippen LogP contribution in [0.2, 0.25) is 0 Å². The third-order valence-corrected chi connectivity index (χ3v) is 7.12. The molecule has 0 spiro atoms. The lowest BCUT2D eigenvalue weighted by Gasteiger charge is -2.23. The summed E-state index contributed by atoms with van der Waals surface area (Å²) < 4.78 is 32.2. The summed E-state index contributed by atoms with van der Waals surface area (Å²) in [5.74, 6) is -1.42. The second-order valence-corrected chi connectivity index (χ2v) is 9.67. The highest BCUT2D eigenvalue weighted by atomic mass is 32.2. The fourth-order valence-electron chi connectivity index (χ4n) is 2.84. The van der Waals surface area contributed by atoms with Gasteiger partial charge in [0.1, 0.15) is 10.3 Å². The number of esters is 1. The van der Waals surface area contributed by atoms with Gasteiger partial charge in [-0.3, -0.25) is 9.59 Å². The van der Waals surface area contributed by atoms with Crippen molar-refractivity contribution in [1.82, 2.24) is 10.0 Å². The van der Waals surface area contributed by atoms with E-state index in [4.69, 9.17) is 4.74 Å². The molecule has 1 heterocycles. The Hall–Kier alpha value is -1.45. The van der Waals surface area contributed by atoms with Crippen molar-refractivity contribution in [3.63, 3.8) is 0 Å².